The van der Waals surface area contributed by atoms with Crippen LogP contribution in [0.25, 0.3) is 10.8 Å². The van der Waals surface area contributed by atoms with Crippen LogP contribution in [-0.4, -0.2) is 15.4 Å². The SMILES string of the molecule is CCCc1nnsc1C(=O)c1cccc2ccccc12. The van der Waals surface area contributed by atoms with E-state index < -0.39 is 0 Å². The van der Waals surface area contributed by atoms with Crippen LogP contribution in [0.5, 0.6) is 0 Å². The Morgan fingerprint density at radius 1 is 1.15 bits per heavy atom. The number of benzene rings is 2. The second-order valence-electron chi connectivity index (χ2n) is 4.65. The van der Waals surface area contributed by atoms with Crippen LogP contribution in [-0.2, 0) is 6.42 Å². The van der Waals surface area contributed by atoms with Crippen LogP contribution < -0.4 is 0 Å². The first-order valence-electron chi connectivity index (χ1n) is 6.65. The van der Waals surface area contributed by atoms with Crippen molar-refractivity contribution in [3.63, 3.8) is 0 Å². The van der Waals surface area contributed by atoms with Gasteiger partial charge in [-0.2, -0.15) is 0 Å². The molecule has 1 aromatic heterocycles. The van der Waals surface area contributed by atoms with Gasteiger partial charge in [-0.3, -0.25) is 4.79 Å². The lowest BCUT2D eigenvalue weighted by molar-refractivity contribution is 0.104. The topological polar surface area (TPSA) is 42.9 Å². The quantitative estimate of drug-likeness (QED) is 0.682. The van der Waals surface area contributed by atoms with Crippen molar-refractivity contribution in [2.45, 2.75) is 19.8 Å². The summed E-state index contributed by atoms with van der Waals surface area (Å²) in [7, 11) is 0. The van der Waals surface area contributed by atoms with Crippen LogP contribution in [0.3, 0.4) is 0 Å². The van der Waals surface area contributed by atoms with Gasteiger partial charge in [-0.1, -0.05) is 60.3 Å². The van der Waals surface area contributed by atoms with E-state index in [9.17, 15) is 4.79 Å². The van der Waals surface area contributed by atoms with E-state index in [0.717, 1.165) is 34.9 Å². The fourth-order valence-corrected chi connectivity index (χ4v) is 2.99. The first-order chi connectivity index (χ1) is 9.81. The Hall–Kier alpha value is -2.07. The van der Waals surface area contributed by atoms with E-state index in [1.165, 1.54) is 11.5 Å². The molecule has 0 spiro atoms. The zero-order valence-electron chi connectivity index (χ0n) is 11.2. The summed E-state index contributed by atoms with van der Waals surface area (Å²) < 4.78 is 3.94. The van der Waals surface area contributed by atoms with Gasteiger partial charge in [0.2, 0.25) is 5.78 Å². The number of hydrogen-bond donors (Lipinski definition) is 0. The molecule has 0 saturated heterocycles. The van der Waals surface area contributed by atoms with Crippen LogP contribution >= 0.6 is 11.5 Å². The molecule has 100 valence electrons. The molecule has 0 aliphatic rings. The Morgan fingerprint density at radius 3 is 2.80 bits per heavy atom. The molecule has 20 heavy (non-hydrogen) atoms. The largest absolute Gasteiger partial charge is 0.288 e. The van der Waals surface area contributed by atoms with Crippen LogP contribution in [0.4, 0.5) is 0 Å². The van der Waals surface area contributed by atoms with Gasteiger partial charge in [-0.05, 0) is 28.7 Å². The van der Waals surface area contributed by atoms with Crippen molar-refractivity contribution in [2.75, 3.05) is 0 Å². The maximum absolute atomic E-state index is 12.7. The number of carbonyl (C=O) groups excluding carboxylic acids is 1. The van der Waals surface area contributed by atoms with Crippen LogP contribution in [0.15, 0.2) is 42.5 Å². The molecule has 0 N–H and O–H groups in total. The molecule has 0 fully saturated rings. The maximum atomic E-state index is 12.7. The lowest BCUT2D eigenvalue weighted by Gasteiger charge is -2.05. The summed E-state index contributed by atoms with van der Waals surface area (Å²) in [6.45, 7) is 2.07. The van der Waals surface area contributed by atoms with E-state index >= 15 is 0 Å². The van der Waals surface area contributed by atoms with Crippen molar-refractivity contribution in [1.82, 2.24) is 9.59 Å². The number of aryl methyl sites for hydroxylation is 1. The number of rotatable bonds is 4. The minimum Gasteiger partial charge on any atom is -0.288 e. The second kappa shape index (κ2) is 5.51. The number of ketones is 1. The molecule has 2 aromatic carbocycles. The molecule has 0 unspecified atom stereocenters. The Morgan fingerprint density at radius 2 is 1.95 bits per heavy atom. The number of carbonyl (C=O) groups is 1. The molecule has 3 rings (SSSR count). The maximum Gasteiger partial charge on any atom is 0.207 e. The minimum atomic E-state index is 0.0280. The normalized spacial score (nSPS) is 10.8. The van der Waals surface area contributed by atoms with Gasteiger partial charge in [0.15, 0.2) is 0 Å². The summed E-state index contributed by atoms with van der Waals surface area (Å²) in [5, 5.41) is 6.14. The Bertz CT molecular complexity index is 759. The van der Waals surface area contributed by atoms with Gasteiger partial charge in [0.1, 0.15) is 4.88 Å². The van der Waals surface area contributed by atoms with Gasteiger partial charge in [0.25, 0.3) is 0 Å². The molecule has 3 aromatic rings. The van der Waals surface area contributed by atoms with Gasteiger partial charge < -0.3 is 0 Å². The third-order valence-corrected chi connectivity index (χ3v) is 4.05. The second-order valence-corrected chi connectivity index (χ2v) is 5.41. The van der Waals surface area contributed by atoms with Crippen LogP contribution in [0.2, 0.25) is 0 Å². The third-order valence-electron chi connectivity index (χ3n) is 3.28. The molecule has 3 nitrogen and oxygen atoms in total. The highest BCUT2D eigenvalue weighted by Gasteiger charge is 2.19. The Kier molecular flexibility index (Phi) is 3.56. The van der Waals surface area contributed by atoms with Crippen LogP contribution in [0, 0.1) is 0 Å². The zero-order valence-corrected chi connectivity index (χ0v) is 12.0. The van der Waals surface area contributed by atoms with Crippen molar-refractivity contribution in [3.05, 3.63) is 58.6 Å². The Balaban J connectivity index is 2.11. The first-order valence-corrected chi connectivity index (χ1v) is 7.42. The minimum absolute atomic E-state index is 0.0280. The third kappa shape index (κ3) is 2.23. The highest BCUT2D eigenvalue weighted by atomic mass is 32.1. The predicted octanol–water partition coefficient (Wildman–Crippen LogP) is 3.87. The molecule has 0 aliphatic carbocycles. The Labute approximate surface area is 121 Å². The fraction of sp³-hybridized carbons (Fsp3) is 0.188. The molecule has 0 radical (unpaired) electrons. The van der Waals surface area contributed by atoms with E-state index in [0.29, 0.717) is 4.88 Å². The first kappa shape index (κ1) is 12.9. The molecular formula is C16H14N2OS. The van der Waals surface area contributed by atoms with Crippen molar-refractivity contribution < 1.29 is 4.79 Å². The molecule has 0 amide bonds. The standard InChI is InChI=1S/C16H14N2OS/c1-2-6-14-16(20-18-17-14)15(19)13-10-5-8-11-7-3-4-9-12(11)13/h3-5,7-10H,2,6H2,1H3. The molecule has 0 saturated carbocycles. The summed E-state index contributed by atoms with van der Waals surface area (Å²) in [6, 6.07) is 13.7. The monoisotopic (exact) mass is 282 g/mol. The lowest BCUT2D eigenvalue weighted by atomic mass is 10.00. The molecule has 4 heteroatoms. The molecule has 1 heterocycles. The molecule has 0 aliphatic heterocycles. The summed E-state index contributed by atoms with van der Waals surface area (Å²) in [5.41, 5.74) is 1.54. The van der Waals surface area contributed by atoms with Crippen LogP contribution in [0.1, 0.15) is 34.3 Å². The average molecular weight is 282 g/mol. The van der Waals surface area contributed by atoms with Crippen molar-refractivity contribution in [3.8, 4) is 0 Å². The molecule has 0 bridgehead atoms. The van der Waals surface area contributed by atoms with Gasteiger partial charge in [0, 0.05) is 5.56 Å². The van der Waals surface area contributed by atoms with E-state index in [1.54, 1.807) is 0 Å². The van der Waals surface area contributed by atoms with Gasteiger partial charge >= 0.3 is 0 Å². The fourth-order valence-electron chi connectivity index (χ4n) is 2.33. The van der Waals surface area contributed by atoms with Crippen molar-refractivity contribution in [2.24, 2.45) is 0 Å². The number of aromatic nitrogens is 2. The average Bonchev–Trinajstić information content (AvgIpc) is 2.94. The van der Waals surface area contributed by atoms with E-state index in [2.05, 4.69) is 16.5 Å². The zero-order chi connectivity index (χ0) is 13.9. The highest BCUT2D eigenvalue weighted by Crippen LogP contribution is 2.24. The number of fused-ring (bicyclic) bond motifs is 1. The lowest BCUT2D eigenvalue weighted by Crippen LogP contribution is -2.03. The molecular weight excluding hydrogens is 268 g/mol. The van der Waals surface area contributed by atoms with Gasteiger partial charge in [-0.15, -0.1) is 5.10 Å². The predicted molar refractivity (Wildman–Crippen MR) is 81.3 cm³/mol. The smallest absolute Gasteiger partial charge is 0.207 e. The summed E-state index contributed by atoms with van der Waals surface area (Å²) >= 11 is 1.19. The van der Waals surface area contributed by atoms with Crippen molar-refractivity contribution >= 4 is 28.1 Å². The van der Waals surface area contributed by atoms with Crippen molar-refractivity contribution in [1.29, 1.82) is 0 Å². The summed E-state index contributed by atoms with van der Waals surface area (Å²) in [4.78, 5) is 13.4. The van der Waals surface area contributed by atoms with E-state index in [-0.39, 0.29) is 5.78 Å². The number of hydrogen-bond acceptors (Lipinski definition) is 4. The summed E-state index contributed by atoms with van der Waals surface area (Å²) in [5.74, 6) is 0.0280. The van der Waals surface area contributed by atoms with E-state index in [4.69, 9.17) is 0 Å². The number of nitrogens with zero attached hydrogens (tertiary/aromatic N) is 2. The van der Waals surface area contributed by atoms with E-state index in [1.807, 2.05) is 42.5 Å². The highest BCUT2D eigenvalue weighted by molar-refractivity contribution is 7.08. The molecule has 0 atom stereocenters. The summed E-state index contributed by atoms with van der Waals surface area (Å²) in [6.07, 6.45) is 1.75. The van der Waals surface area contributed by atoms with Gasteiger partial charge in [0.05, 0.1) is 5.69 Å². The van der Waals surface area contributed by atoms with Gasteiger partial charge in [-0.25, -0.2) is 0 Å².